The van der Waals surface area contributed by atoms with Gasteiger partial charge in [-0.3, -0.25) is 0 Å². The van der Waals surface area contributed by atoms with Crippen molar-refractivity contribution in [3.05, 3.63) is 18.5 Å². The summed E-state index contributed by atoms with van der Waals surface area (Å²) in [4.78, 5) is 7.29. The number of hydrogen-bond acceptors (Lipinski definition) is 3. The topological polar surface area (TPSA) is 25.8 Å². The molecule has 1 aromatic rings. The van der Waals surface area contributed by atoms with E-state index in [1.807, 2.05) is 0 Å². The van der Waals surface area contributed by atoms with E-state index in [4.69, 9.17) is 0 Å². The fraction of sp³-hybridized carbons (Fsp3) is 0.200. The minimum absolute atomic E-state index is 0.164. The number of halogens is 3. The molecule has 0 bridgehead atoms. The second-order valence-corrected chi connectivity index (χ2v) is 3.04. The summed E-state index contributed by atoms with van der Waals surface area (Å²) in [6, 6.07) is 1.56. The maximum atomic E-state index is 11.7. The molecule has 0 saturated carbocycles. The van der Waals surface area contributed by atoms with Crippen LogP contribution in [0.15, 0.2) is 23.6 Å². The first kappa shape index (κ1) is 9.37. The highest BCUT2D eigenvalue weighted by atomic mass is 32.2. The summed E-state index contributed by atoms with van der Waals surface area (Å²) >= 11 is 0.608. The first-order chi connectivity index (χ1) is 5.58. The monoisotopic (exact) mass is 193 g/mol. The molecule has 0 aliphatic rings. The molecule has 0 atom stereocenters. The highest BCUT2D eigenvalue weighted by Gasteiger charge is 2.23. The number of rotatable bonds is 3. The molecule has 2 nitrogen and oxygen atoms in total. The van der Waals surface area contributed by atoms with E-state index in [1.165, 1.54) is 12.4 Å². The van der Waals surface area contributed by atoms with E-state index in [0.717, 1.165) is 0 Å². The van der Waals surface area contributed by atoms with Gasteiger partial charge in [-0.05, 0) is 11.7 Å². The summed E-state index contributed by atoms with van der Waals surface area (Å²) in [6.45, 7) is -4.75. The van der Waals surface area contributed by atoms with Crippen LogP contribution in [0, 0.1) is 0 Å². The standard InChI is InChI=1S/C5H5BF3N2S/c7-6(8,9)4-12-5-10-2-1-3-11-5/h1-3H,4H2/q-1. The molecule has 66 valence electrons. The first-order valence-corrected chi connectivity index (χ1v) is 4.17. The van der Waals surface area contributed by atoms with Gasteiger partial charge in [0, 0.05) is 12.4 Å². The van der Waals surface area contributed by atoms with Crippen LogP contribution in [0.4, 0.5) is 12.9 Å². The maximum absolute atomic E-state index is 11.7. The second kappa shape index (κ2) is 3.80. The number of aromatic nitrogens is 2. The largest absolute Gasteiger partial charge is 0.488 e. The van der Waals surface area contributed by atoms with Crippen LogP contribution in [0.5, 0.6) is 0 Å². The lowest BCUT2D eigenvalue weighted by molar-refractivity contribution is 0.485. The predicted octanol–water partition coefficient (Wildman–Crippen LogP) is 1.96. The lowest BCUT2D eigenvalue weighted by Crippen LogP contribution is -2.19. The first-order valence-electron chi connectivity index (χ1n) is 3.19. The van der Waals surface area contributed by atoms with Crippen molar-refractivity contribution in [3.8, 4) is 0 Å². The maximum Gasteiger partial charge on any atom is 0.488 e. The molecule has 12 heavy (non-hydrogen) atoms. The van der Waals surface area contributed by atoms with Crippen molar-refractivity contribution in [1.29, 1.82) is 0 Å². The third kappa shape index (κ3) is 3.61. The quantitative estimate of drug-likeness (QED) is 0.416. The highest BCUT2D eigenvalue weighted by molar-refractivity contribution is 8.00. The van der Waals surface area contributed by atoms with Crippen LogP contribution >= 0.6 is 11.8 Å². The van der Waals surface area contributed by atoms with Crippen LogP contribution in [-0.2, 0) is 0 Å². The molecular weight excluding hydrogens is 188 g/mol. The Bertz CT molecular complexity index is 240. The molecule has 0 unspecified atom stereocenters. The van der Waals surface area contributed by atoms with Gasteiger partial charge >= 0.3 is 6.98 Å². The van der Waals surface area contributed by atoms with Crippen LogP contribution in [0.2, 0.25) is 0 Å². The van der Waals surface area contributed by atoms with Gasteiger partial charge in [-0.1, -0.05) is 0 Å². The van der Waals surface area contributed by atoms with E-state index in [1.54, 1.807) is 6.07 Å². The van der Waals surface area contributed by atoms with Gasteiger partial charge in [0.1, 0.15) is 0 Å². The zero-order valence-electron chi connectivity index (χ0n) is 5.95. The van der Waals surface area contributed by atoms with Crippen LogP contribution in [0.25, 0.3) is 0 Å². The summed E-state index contributed by atoms with van der Waals surface area (Å²) in [5.41, 5.74) is -0.885. The van der Waals surface area contributed by atoms with E-state index < -0.39 is 12.6 Å². The Morgan fingerprint density at radius 1 is 1.25 bits per heavy atom. The average molecular weight is 193 g/mol. The van der Waals surface area contributed by atoms with Gasteiger partial charge in [-0.15, -0.1) is 11.8 Å². The molecule has 0 spiro atoms. The Balaban J connectivity index is 2.44. The molecule has 0 aliphatic carbocycles. The summed E-state index contributed by atoms with van der Waals surface area (Å²) in [6.07, 6.45) is 2.83. The van der Waals surface area contributed by atoms with E-state index in [9.17, 15) is 12.9 Å². The third-order valence-corrected chi connectivity index (χ3v) is 1.96. The molecule has 0 aliphatic heterocycles. The van der Waals surface area contributed by atoms with Crippen LogP contribution in [0.1, 0.15) is 0 Å². The minimum Gasteiger partial charge on any atom is -0.448 e. The van der Waals surface area contributed by atoms with Crippen molar-refractivity contribution in [1.82, 2.24) is 9.97 Å². The Kier molecular flexibility index (Phi) is 2.96. The predicted molar refractivity (Wildman–Crippen MR) is 41.8 cm³/mol. The van der Waals surface area contributed by atoms with E-state index in [2.05, 4.69) is 9.97 Å². The fourth-order valence-corrected chi connectivity index (χ4v) is 1.14. The molecule has 1 heterocycles. The Morgan fingerprint density at radius 3 is 2.33 bits per heavy atom. The van der Waals surface area contributed by atoms with E-state index >= 15 is 0 Å². The molecule has 7 heteroatoms. The van der Waals surface area contributed by atoms with Gasteiger partial charge in [0.15, 0.2) is 5.16 Å². The van der Waals surface area contributed by atoms with Crippen molar-refractivity contribution in [2.75, 3.05) is 5.65 Å². The Hall–Kier alpha value is -0.715. The number of thioether (sulfide) groups is 1. The molecule has 0 aromatic carbocycles. The summed E-state index contributed by atoms with van der Waals surface area (Å²) < 4.78 is 35.2. The Labute approximate surface area is 71.7 Å². The van der Waals surface area contributed by atoms with Gasteiger partial charge in [-0.2, -0.15) is 0 Å². The summed E-state index contributed by atoms with van der Waals surface area (Å²) in [5, 5.41) is 0.164. The van der Waals surface area contributed by atoms with E-state index in [0.29, 0.717) is 11.8 Å². The van der Waals surface area contributed by atoms with Gasteiger partial charge in [0.2, 0.25) is 0 Å². The lowest BCUT2D eigenvalue weighted by atomic mass is 9.98. The van der Waals surface area contributed by atoms with Crippen molar-refractivity contribution in [3.63, 3.8) is 0 Å². The minimum atomic E-state index is -4.75. The highest BCUT2D eigenvalue weighted by Crippen LogP contribution is 2.20. The normalized spacial score (nSPS) is 11.6. The molecule has 0 radical (unpaired) electrons. The average Bonchev–Trinajstić information content (AvgIpc) is 2.02. The lowest BCUT2D eigenvalue weighted by Gasteiger charge is -2.10. The van der Waals surface area contributed by atoms with E-state index in [-0.39, 0.29) is 5.16 Å². The van der Waals surface area contributed by atoms with Gasteiger partial charge in [0.05, 0.1) is 0 Å². The van der Waals surface area contributed by atoms with Gasteiger partial charge < -0.3 is 12.9 Å². The zero-order valence-corrected chi connectivity index (χ0v) is 6.77. The molecule has 0 saturated heterocycles. The molecule has 0 amide bonds. The van der Waals surface area contributed by atoms with Crippen molar-refractivity contribution < 1.29 is 12.9 Å². The number of hydrogen-bond donors (Lipinski definition) is 0. The smallest absolute Gasteiger partial charge is 0.448 e. The molecular formula is C5H5BF3N2S-. The molecule has 1 rings (SSSR count). The van der Waals surface area contributed by atoms with Crippen molar-refractivity contribution in [2.24, 2.45) is 0 Å². The number of nitrogens with zero attached hydrogens (tertiary/aromatic N) is 2. The van der Waals surface area contributed by atoms with Crippen LogP contribution in [-0.4, -0.2) is 22.6 Å². The summed E-state index contributed by atoms with van der Waals surface area (Å²) in [5.74, 6) is 0. The van der Waals surface area contributed by atoms with Crippen LogP contribution in [0.3, 0.4) is 0 Å². The molecule has 0 fully saturated rings. The second-order valence-electron chi connectivity index (χ2n) is 2.05. The SMILES string of the molecule is F[B-](F)(F)CSc1ncccn1. The van der Waals surface area contributed by atoms with Crippen molar-refractivity contribution >= 4 is 18.7 Å². The van der Waals surface area contributed by atoms with Gasteiger partial charge in [0.25, 0.3) is 0 Å². The van der Waals surface area contributed by atoms with Crippen LogP contribution < -0.4 is 0 Å². The Morgan fingerprint density at radius 2 is 1.83 bits per heavy atom. The van der Waals surface area contributed by atoms with Crippen molar-refractivity contribution in [2.45, 2.75) is 5.16 Å². The molecule has 0 N–H and O–H groups in total. The zero-order chi connectivity index (χ0) is 9.03. The third-order valence-electron chi connectivity index (χ3n) is 0.943. The van der Waals surface area contributed by atoms with Gasteiger partial charge in [-0.25, -0.2) is 9.97 Å². The summed E-state index contributed by atoms with van der Waals surface area (Å²) in [7, 11) is 0. The fourth-order valence-electron chi connectivity index (χ4n) is 0.529. The molecule has 1 aromatic heterocycles.